The number of halogens is 3. The summed E-state index contributed by atoms with van der Waals surface area (Å²) < 4.78 is 42.4. The smallest absolute Gasteiger partial charge is 0.363 e. The largest absolute Gasteiger partial charge is 0.436 e. The first-order valence-electron chi connectivity index (χ1n) is 4.96. The van der Waals surface area contributed by atoms with Gasteiger partial charge in [0, 0.05) is 19.6 Å². The maximum absolute atomic E-state index is 12.5. The van der Waals surface area contributed by atoms with E-state index in [-0.39, 0.29) is 12.6 Å². The molecule has 2 fully saturated rings. The predicted octanol–water partition coefficient (Wildman–Crippen LogP) is 0.812. The van der Waals surface area contributed by atoms with E-state index in [4.69, 9.17) is 4.74 Å². The molecular formula is C9H11F3NO3. The van der Waals surface area contributed by atoms with Gasteiger partial charge in [-0.1, -0.05) is 0 Å². The number of likely N-dealkylation sites (tertiary alicyclic amines) is 1. The summed E-state index contributed by atoms with van der Waals surface area (Å²) in [7, 11) is 0. The Morgan fingerprint density at radius 3 is 2.56 bits per heavy atom. The van der Waals surface area contributed by atoms with Crippen LogP contribution in [0, 0.1) is 6.10 Å². The molecule has 1 amide bonds. The van der Waals surface area contributed by atoms with E-state index in [1.54, 1.807) is 0 Å². The van der Waals surface area contributed by atoms with Gasteiger partial charge in [0.2, 0.25) is 5.72 Å². The number of ether oxygens (including phenoxy) is 1. The van der Waals surface area contributed by atoms with Gasteiger partial charge in [0.15, 0.2) is 6.10 Å². The summed E-state index contributed by atoms with van der Waals surface area (Å²) in [6.45, 7) is 0.251. The first kappa shape index (κ1) is 11.7. The minimum absolute atomic E-state index is 0.0161. The van der Waals surface area contributed by atoms with Crippen LogP contribution in [0.1, 0.15) is 19.3 Å². The summed E-state index contributed by atoms with van der Waals surface area (Å²) >= 11 is 0. The number of nitrogens with zero attached hydrogens (tertiary/aromatic N) is 1. The molecule has 0 spiro atoms. The van der Waals surface area contributed by atoms with Crippen molar-refractivity contribution in [2.45, 2.75) is 31.2 Å². The van der Waals surface area contributed by atoms with E-state index < -0.39 is 24.2 Å². The lowest BCUT2D eigenvalue weighted by Crippen LogP contribution is -2.70. The van der Waals surface area contributed by atoms with E-state index in [0.717, 1.165) is 0 Å². The van der Waals surface area contributed by atoms with Crippen molar-refractivity contribution in [3.63, 3.8) is 0 Å². The molecule has 0 aromatic heterocycles. The number of amides is 1. The maximum Gasteiger partial charge on any atom is 0.436 e. The summed E-state index contributed by atoms with van der Waals surface area (Å²) in [5.41, 5.74) is -3.01. The monoisotopic (exact) mass is 238 g/mol. The molecule has 1 N–H and O–H groups in total. The molecule has 1 unspecified atom stereocenters. The van der Waals surface area contributed by atoms with E-state index in [1.807, 2.05) is 0 Å². The zero-order chi connectivity index (χ0) is 12.0. The summed E-state index contributed by atoms with van der Waals surface area (Å²) in [4.78, 5) is 12.0. The van der Waals surface area contributed by atoms with Gasteiger partial charge in [0.1, 0.15) is 0 Å². The van der Waals surface area contributed by atoms with Gasteiger partial charge in [-0.05, 0) is 12.8 Å². The molecule has 7 heteroatoms. The number of hydrogen-bond acceptors (Lipinski definition) is 3. The molecule has 0 bridgehead atoms. The highest BCUT2D eigenvalue weighted by Crippen LogP contribution is 2.43. The maximum atomic E-state index is 12.5. The van der Waals surface area contributed by atoms with Gasteiger partial charge in [0.25, 0.3) is 5.91 Å². The number of alkyl halides is 3. The SMILES string of the molecule is O=C([C]1CCCO1)N1CCC1(O)C(F)(F)F. The predicted molar refractivity (Wildman–Crippen MR) is 45.8 cm³/mol. The van der Waals surface area contributed by atoms with Crippen LogP contribution in [0.25, 0.3) is 0 Å². The van der Waals surface area contributed by atoms with Crippen molar-refractivity contribution in [3.05, 3.63) is 6.10 Å². The van der Waals surface area contributed by atoms with Crippen LogP contribution in [-0.4, -0.2) is 41.0 Å². The molecule has 2 heterocycles. The highest BCUT2D eigenvalue weighted by atomic mass is 19.4. The molecule has 2 rings (SSSR count). The van der Waals surface area contributed by atoms with Gasteiger partial charge in [-0.25, -0.2) is 0 Å². The second kappa shape index (κ2) is 3.59. The molecule has 1 radical (unpaired) electrons. The highest BCUT2D eigenvalue weighted by Gasteiger charge is 2.65. The number of aliphatic hydroxyl groups is 1. The van der Waals surface area contributed by atoms with E-state index in [9.17, 15) is 23.1 Å². The molecule has 0 aliphatic carbocycles. The van der Waals surface area contributed by atoms with Gasteiger partial charge in [-0.2, -0.15) is 13.2 Å². The highest BCUT2D eigenvalue weighted by molar-refractivity contribution is 5.89. The third kappa shape index (κ3) is 1.58. The lowest BCUT2D eigenvalue weighted by Gasteiger charge is -2.49. The number of rotatable bonds is 1. The fourth-order valence-electron chi connectivity index (χ4n) is 1.82. The Kier molecular flexibility index (Phi) is 2.62. The Bertz CT molecular complexity index is 301. The Labute approximate surface area is 90.0 Å². The van der Waals surface area contributed by atoms with Crippen LogP contribution in [0.3, 0.4) is 0 Å². The quantitative estimate of drug-likeness (QED) is 0.735. The van der Waals surface area contributed by atoms with Crippen molar-refractivity contribution in [1.82, 2.24) is 4.90 Å². The minimum Gasteiger partial charge on any atom is -0.363 e. The zero-order valence-corrected chi connectivity index (χ0v) is 8.38. The van der Waals surface area contributed by atoms with Crippen LogP contribution < -0.4 is 0 Å². The molecule has 4 nitrogen and oxygen atoms in total. The minimum atomic E-state index is -4.82. The molecule has 16 heavy (non-hydrogen) atoms. The fourth-order valence-corrected chi connectivity index (χ4v) is 1.82. The lowest BCUT2D eigenvalue weighted by atomic mass is 9.96. The molecule has 2 aliphatic rings. The fraction of sp³-hybridized carbons (Fsp3) is 0.778. The van der Waals surface area contributed by atoms with Crippen LogP contribution in [0.15, 0.2) is 0 Å². The molecule has 0 aromatic carbocycles. The van der Waals surface area contributed by atoms with Gasteiger partial charge in [-0.15, -0.1) is 0 Å². The average molecular weight is 238 g/mol. The van der Waals surface area contributed by atoms with Crippen LogP contribution in [0.2, 0.25) is 0 Å². The first-order valence-corrected chi connectivity index (χ1v) is 4.96. The molecule has 0 saturated carbocycles. The molecule has 2 aliphatic heterocycles. The van der Waals surface area contributed by atoms with Gasteiger partial charge >= 0.3 is 6.18 Å². The topological polar surface area (TPSA) is 49.8 Å². The Morgan fingerprint density at radius 1 is 1.50 bits per heavy atom. The number of hydrogen-bond donors (Lipinski definition) is 1. The van der Waals surface area contributed by atoms with Crippen LogP contribution >= 0.6 is 0 Å². The third-order valence-corrected chi connectivity index (χ3v) is 2.89. The lowest BCUT2D eigenvalue weighted by molar-refractivity contribution is -0.343. The second-order valence-electron chi connectivity index (χ2n) is 3.90. The summed E-state index contributed by atoms with van der Waals surface area (Å²) in [6.07, 6.45) is -4.32. The van der Waals surface area contributed by atoms with Crippen LogP contribution in [0.5, 0.6) is 0 Å². The summed E-state index contributed by atoms with van der Waals surface area (Å²) in [5, 5.41) is 9.35. The van der Waals surface area contributed by atoms with Gasteiger partial charge in [0.05, 0.1) is 0 Å². The van der Waals surface area contributed by atoms with E-state index in [2.05, 4.69) is 0 Å². The zero-order valence-electron chi connectivity index (χ0n) is 8.38. The van der Waals surface area contributed by atoms with Crippen molar-refractivity contribution < 1.29 is 27.8 Å². The van der Waals surface area contributed by atoms with Crippen molar-refractivity contribution in [2.75, 3.05) is 13.2 Å². The number of carbonyl (C=O) groups excluding carboxylic acids is 1. The van der Waals surface area contributed by atoms with Crippen molar-refractivity contribution in [3.8, 4) is 0 Å². The molecule has 1 atom stereocenters. The van der Waals surface area contributed by atoms with E-state index in [1.165, 1.54) is 0 Å². The van der Waals surface area contributed by atoms with Crippen molar-refractivity contribution in [1.29, 1.82) is 0 Å². The van der Waals surface area contributed by atoms with Gasteiger partial charge < -0.3 is 14.7 Å². The van der Waals surface area contributed by atoms with Crippen molar-refractivity contribution in [2.24, 2.45) is 0 Å². The van der Waals surface area contributed by atoms with Crippen LogP contribution in [-0.2, 0) is 9.53 Å². The molecule has 91 valence electrons. The Hall–Kier alpha value is -0.820. The molecule has 0 aromatic rings. The molecule has 2 saturated heterocycles. The number of carbonyl (C=O) groups is 1. The molecular weight excluding hydrogens is 227 g/mol. The average Bonchev–Trinajstić information content (AvgIpc) is 2.65. The standard InChI is InChI=1S/C9H11F3NO3/c10-9(11,12)8(15)3-4-13(8)7(14)6-2-1-5-16-6/h15H,1-5H2. The third-order valence-electron chi connectivity index (χ3n) is 2.89. The summed E-state index contributed by atoms with van der Waals surface area (Å²) in [6, 6.07) is 0. The summed E-state index contributed by atoms with van der Waals surface area (Å²) in [5.74, 6) is -0.844. The van der Waals surface area contributed by atoms with Gasteiger partial charge in [-0.3, -0.25) is 4.79 Å². The first-order chi connectivity index (χ1) is 7.36. The Balaban J connectivity index is 2.08. The van der Waals surface area contributed by atoms with Crippen LogP contribution in [0.4, 0.5) is 13.2 Å². The van der Waals surface area contributed by atoms with E-state index in [0.29, 0.717) is 24.3 Å². The van der Waals surface area contributed by atoms with E-state index >= 15 is 0 Å². The van der Waals surface area contributed by atoms with Crippen molar-refractivity contribution >= 4 is 5.91 Å². The normalized spacial score (nSPS) is 31.6. The Morgan fingerprint density at radius 2 is 2.19 bits per heavy atom. The second-order valence-corrected chi connectivity index (χ2v) is 3.90.